The number of likely N-dealkylation sites (N-methyl/N-ethyl adjacent to an activating group) is 1. The Morgan fingerprint density at radius 3 is 2.80 bits per heavy atom. The average Bonchev–Trinajstić information content (AvgIpc) is 2.95. The van der Waals surface area contributed by atoms with Gasteiger partial charge in [0.1, 0.15) is 17.8 Å². The van der Waals surface area contributed by atoms with Crippen LogP contribution >= 0.6 is 0 Å². The number of ether oxygens (including phenoxy) is 1. The van der Waals surface area contributed by atoms with Gasteiger partial charge in [0.2, 0.25) is 11.8 Å². The highest BCUT2D eigenvalue weighted by atomic mass is 16.5. The topological polar surface area (TPSA) is 108 Å². The number of carbonyl (C=O) groups is 4. The van der Waals surface area contributed by atoms with Gasteiger partial charge >= 0.3 is 6.03 Å². The maximum absolute atomic E-state index is 13.0. The molecule has 0 unspecified atom stereocenters. The normalized spacial score (nSPS) is 23.3. The summed E-state index contributed by atoms with van der Waals surface area (Å²) in [5, 5.41) is 5.52. The van der Waals surface area contributed by atoms with Gasteiger partial charge < -0.3 is 20.3 Å². The van der Waals surface area contributed by atoms with Crippen LogP contribution in [0.3, 0.4) is 0 Å². The Kier molecular flexibility index (Phi) is 6.28. The molecule has 1 heterocycles. The smallest absolute Gasteiger partial charge is 0.325 e. The average molecular weight is 416 g/mol. The molecule has 1 aliphatic heterocycles. The predicted octanol–water partition coefficient (Wildman–Crippen LogP) is 1.59. The number of hydrogen-bond donors (Lipinski definition) is 2. The summed E-state index contributed by atoms with van der Waals surface area (Å²) >= 11 is 0. The zero-order valence-corrected chi connectivity index (χ0v) is 17.6. The summed E-state index contributed by atoms with van der Waals surface area (Å²) in [5.74, 6) is -0.605. The van der Waals surface area contributed by atoms with Gasteiger partial charge in [0.15, 0.2) is 0 Å². The first-order valence-corrected chi connectivity index (χ1v) is 10.1. The van der Waals surface area contributed by atoms with Crippen LogP contribution in [0.15, 0.2) is 24.3 Å². The first kappa shape index (κ1) is 21.6. The summed E-state index contributed by atoms with van der Waals surface area (Å²) < 4.78 is 5.11. The second-order valence-corrected chi connectivity index (χ2v) is 7.97. The van der Waals surface area contributed by atoms with Gasteiger partial charge in [-0.2, -0.15) is 0 Å². The van der Waals surface area contributed by atoms with Gasteiger partial charge in [-0.25, -0.2) is 4.79 Å². The highest BCUT2D eigenvalue weighted by Crippen LogP contribution is 2.38. The molecular weight excluding hydrogens is 388 g/mol. The van der Waals surface area contributed by atoms with Gasteiger partial charge in [-0.3, -0.25) is 19.3 Å². The summed E-state index contributed by atoms with van der Waals surface area (Å²) in [7, 11) is 2.99. The van der Waals surface area contributed by atoms with E-state index in [1.54, 1.807) is 24.3 Å². The molecule has 1 aromatic rings. The van der Waals surface area contributed by atoms with Crippen LogP contribution in [-0.4, -0.2) is 66.3 Å². The van der Waals surface area contributed by atoms with Gasteiger partial charge in [-0.15, -0.1) is 0 Å². The molecule has 30 heavy (non-hydrogen) atoms. The van der Waals surface area contributed by atoms with Crippen molar-refractivity contribution in [2.45, 2.75) is 38.1 Å². The van der Waals surface area contributed by atoms with Crippen molar-refractivity contribution in [1.82, 2.24) is 15.1 Å². The van der Waals surface area contributed by atoms with Crippen molar-refractivity contribution < 1.29 is 23.9 Å². The Balaban J connectivity index is 1.58. The number of methoxy groups -OCH3 is 1. The molecule has 3 rings (SSSR count). The predicted molar refractivity (Wildman–Crippen MR) is 110 cm³/mol. The number of amides is 5. The number of benzene rings is 1. The van der Waals surface area contributed by atoms with Crippen molar-refractivity contribution >= 4 is 29.4 Å². The van der Waals surface area contributed by atoms with Crippen LogP contribution < -0.4 is 15.4 Å². The number of anilines is 1. The molecule has 2 atom stereocenters. The SMILES string of the molecule is COc1cccc(NC(=O)CN(C)C(=O)CN2C(=O)N[C@]3(CCCC[C@H]3C)C2=O)c1. The van der Waals surface area contributed by atoms with Crippen molar-refractivity contribution in [3.8, 4) is 5.75 Å². The molecule has 9 heteroatoms. The van der Waals surface area contributed by atoms with Crippen molar-refractivity contribution in [1.29, 1.82) is 0 Å². The van der Waals surface area contributed by atoms with Crippen molar-refractivity contribution in [2.75, 3.05) is 32.6 Å². The van der Waals surface area contributed by atoms with E-state index in [1.165, 1.54) is 19.1 Å². The number of imide groups is 1. The third-order valence-corrected chi connectivity index (χ3v) is 5.95. The molecule has 0 bridgehead atoms. The van der Waals surface area contributed by atoms with Crippen LogP contribution in [0.4, 0.5) is 10.5 Å². The van der Waals surface area contributed by atoms with E-state index in [2.05, 4.69) is 10.6 Å². The van der Waals surface area contributed by atoms with E-state index >= 15 is 0 Å². The lowest BCUT2D eigenvalue weighted by atomic mass is 9.73. The fraction of sp³-hybridized carbons (Fsp3) is 0.524. The fourth-order valence-electron chi connectivity index (χ4n) is 4.10. The molecule has 5 amide bonds. The quantitative estimate of drug-likeness (QED) is 0.685. The second-order valence-electron chi connectivity index (χ2n) is 7.97. The lowest BCUT2D eigenvalue weighted by Crippen LogP contribution is -2.54. The summed E-state index contributed by atoms with van der Waals surface area (Å²) in [4.78, 5) is 52.4. The molecule has 1 aliphatic carbocycles. The Bertz CT molecular complexity index is 858. The van der Waals surface area contributed by atoms with E-state index in [9.17, 15) is 19.2 Å². The molecule has 0 aromatic heterocycles. The van der Waals surface area contributed by atoms with Gasteiger partial charge in [0.25, 0.3) is 5.91 Å². The fourth-order valence-corrected chi connectivity index (χ4v) is 4.10. The molecule has 162 valence electrons. The maximum atomic E-state index is 13.0. The monoisotopic (exact) mass is 416 g/mol. The molecule has 2 aliphatic rings. The van der Waals surface area contributed by atoms with E-state index < -0.39 is 23.4 Å². The van der Waals surface area contributed by atoms with Crippen molar-refractivity contribution in [2.24, 2.45) is 5.92 Å². The first-order valence-electron chi connectivity index (χ1n) is 10.1. The molecule has 1 saturated heterocycles. The van der Waals surface area contributed by atoms with Crippen LogP contribution in [0.5, 0.6) is 5.75 Å². The lowest BCUT2D eigenvalue weighted by molar-refractivity contribution is -0.140. The third kappa shape index (κ3) is 4.24. The number of rotatable bonds is 6. The Labute approximate surface area is 175 Å². The number of urea groups is 1. The van der Waals surface area contributed by atoms with Crippen LogP contribution in [-0.2, 0) is 14.4 Å². The van der Waals surface area contributed by atoms with Crippen LogP contribution in [0.2, 0.25) is 0 Å². The van der Waals surface area contributed by atoms with Crippen LogP contribution in [0, 0.1) is 5.92 Å². The molecule has 1 aromatic carbocycles. The number of hydrogen-bond acceptors (Lipinski definition) is 5. The summed E-state index contributed by atoms with van der Waals surface area (Å²) in [6.45, 7) is 1.36. The molecule has 2 fully saturated rings. The summed E-state index contributed by atoms with van der Waals surface area (Å²) in [6, 6.07) is 6.32. The third-order valence-electron chi connectivity index (χ3n) is 5.95. The Morgan fingerprint density at radius 2 is 2.10 bits per heavy atom. The minimum Gasteiger partial charge on any atom is -0.497 e. The molecule has 1 spiro atoms. The van der Waals surface area contributed by atoms with Crippen molar-refractivity contribution in [3.05, 3.63) is 24.3 Å². The van der Waals surface area contributed by atoms with Crippen molar-refractivity contribution in [3.63, 3.8) is 0 Å². The molecule has 2 N–H and O–H groups in total. The van der Waals surface area contributed by atoms with Gasteiger partial charge in [-0.1, -0.05) is 25.8 Å². The Hall–Kier alpha value is -3.10. The van der Waals surface area contributed by atoms with E-state index in [0.29, 0.717) is 17.9 Å². The zero-order valence-electron chi connectivity index (χ0n) is 17.6. The van der Waals surface area contributed by atoms with E-state index in [-0.39, 0.29) is 24.9 Å². The number of nitrogens with one attached hydrogen (secondary N) is 2. The van der Waals surface area contributed by atoms with Gasteiger partial charge in [0.05, 0.1) is 13.7 Å². The molecular formula is C21H28N4O5. The zero-order chi connectivity index (χ0) is 21.9. The van der Waals surface area contributed by atoms with E-state index in [0.717, 1.165) is 24.2 Å². The standard InChI is InChI=1S/C21H28N4O5/c1-14-7-4-5-10-21(14)19(28)25(20(29)23-21)13-18(27)24(2)12-17(26)22-15-8-6-9-16(11-15)30-3/h6,8-9,11,14H,4-5,7,10,12-13H2,1-3H3,(H,22,26)(H,23,29)/t14-,21+/m1/s1. The summed E-state index contributed by atoms with van der Waals surface area (Å²) in [6.07, 6.45) is 3.33. The molecule has 0 radical (unpaired) electrons. The van der Waals surface area contributed by atoms with Gasteiger partial charge in [-0.05, 0) is 30.9 Å². The summed E-state index contributed by atoms with van der Waals surface area (Å²) in [5.41, 5.74) is -0.361. The van der Waals surface area contributed by atoms with Crippen LogP contribution in [0.25, 0.3) is 0 Å². The lowest BCUT2D eigenvalue weighted by Gasteiger charge is -2.36. The first-order chi connectivity index (χ1) is 14.3. The maximum Gasteiger partial charge on any atom is 0.325 e. The van der Waals surface area contributed by atoms with E-state index in [1.807, 2.05) is 6.92 Å². The number of carbonyl (C=O) groups excluding carboxylic acids is 4. The molecule has 9 nitrogen and oxygen atoms in total. The van der Waals surface area contributed by atoms with Gasteiger partial charge in [0, 0.05) is 18.8 Å². The highest BCUT2D eigenvalue weighted by molar-refractivity contribution is 6.09. The highest BCUT2D eigenvalue weighted by Gasteiger charge is 2.55. The largest absolute Gasteiger partial charge is 0.497 e. The minimum absolute atomic E-state index is 0.0224. The Morgan fingerprint density at radius 1 is 1.33 bits per heavy atom. The number of nitrogens with zero attached hydrogens (tertiary/aromatic N) is 2. The molecule has 1 saturated carbocycles. The minimum atomic E-state index is -0.905. The van der Waals surface area contributed by atoms with E-state index in [4.69, 9.17) is 4.74 Å². The van der Waals surface area contributed by atoms with Crippen LogP contribution in [0.1, 0.15) is 32.6 Å². The second kappa shape index (κ2) is 8.73.